The van der Waals surface area contributed by atoms with E-state index in [0.29, 0.717) is 17.6 Å². The number of ether oxygens (including phenoxy) is 1. The van der Waals surface area contributed by atoms with Crippen LogP contribution >= 0.6 is 0 Å². The number of nitrogens with zero attached hydrogens (tertiary/aromatic N) is 1. The van der Waals surface area contributed by atoms with Crippen LogP contribution in [-0.4, -0.2) is 49.8 Å². The summed E-state index contributed by atoms with van der Waals surface area (Å²) in [6.45, 7) is 8.22. The van der Waals surface area contributed by atoms with Gasteiger partial charge < -0.3 is 10.1 Å². The third-order valence-electron chi connectivity index (χ3n) is 5.09. The molecular weight excluding hydrogens is 224 g/mol. The van der Waals surface area contributed by atoms with E-state index in [0.717, 1.165) is 6.54 Å². The zero-order chi connectivity index (χ0) is 12.4. The van der Waals surface area contributed by atoms with Crippen LogP contribution in [0.3, 0.4) is 0 Å². The maximum atomic E-state index is 5.95. The maximum Gasteiger partial charge on any atom is 0.0707 e. The Morgan fingerprint density at radius 2 is 1.83 bits per heavy atom. The molecule has 1 N–H and O–H groups in total. The number of hydrogen-bond acceptors (Lipinski definition) is 3. The van der Waals surface area contributed by atoms with Crippen molar-refractivity contribution in [3.8, 4) is 0 Å². The van der Waals surface area contributed by atoms with Gasteiger partial charge >= 0.3 is 0 Å². The minimum Gasteiger partial charge on any atom is -0.372 e. The van der Waals surface area contributed by atoms with Crippen LogP contribution in [0.4, 0.5) is 0 Å². The van der Waals surface area contributed by atoms with Crippen molar-refractivity contribution in [3.05, 3.63) is 0 Å². The Labute approximate surface area is 111 Å². The van der Waals surface area contributed by atoms with E-state index in [2.05, 4.69) is 17.1 Å². The molecule has 0 aromatic heterocycles. The predicted molar refractivity (Wildman–Crippen MR) is 73.8 cm³/mol. The van der Waals surface area contributed by atoms with Crippen molar-refractivity contribution in [3.63, 3.8) is 0 Å². The Bertz CT molecular complexity index is 264. The van der Waals surface area contributed by atoms with Crippen molar-refractivity contribution < 1.29 is 4.74 Å². The first-order valence-corrected chi connectivity index (χ1v) is 7.88. The lowest BCUT2D eigenvalue weighted by atomic mass is 9.85. The Kier molecular flexibility index (Phi) is 3.92. The molecule has 3 fully saturated rings. The summed E-state index contributed by atoms with van der Waals surface area (Å²) in [6.07, 6.45) is 9.38. The van der Waals surface area contributed by atoms with E-state index >= 15 is 0 Å². The zero-order valence-corrected chi connectivity index (χ0v) is 11.8. The number of morpholine rings is 1. The minimum absolute atomic E-state index is 0.543. The van der Waals surface area contributed by atoms with Gasteiger partial charge in [-0.2, -0.15) is 0 Å². The van der Waals surface area contributed by atoms with Gasteiger partial charge in [-0.25, -0.2) is 0 Å². The first-order chi connectivity index (χ1) is 8.80. The summed E-state index contributed by atoms with van der Waals surface area (Å²) in [5.74, 6) is 0. The summed E-state index contributed by atoms with van der Waals surface area (Å²) in [7, 11) is 0. The van der Waals surface area contributed by atoms with Crippen LogP contribution < -0.4 is 5.32 Å². The van der Waals surface area contributed by atoms with Crippen LogP contribution in [0.25, 0.3) is 0 Å². The molecule has 2 heterocycles. The highest BCUT2D eigenvalue weighted by Crippen LogP contribution is 2.39. The highest BCUT2D eigenvalue weighted by atomic mass is 16.5. The largest absolute Gasteiger partial charge is 0.372 e. The standard InChI is InChI=1S/C15H28N2O/c1-2-16-11-15(7-3-4-8-15)12-17-9-13-5-6-14(10-17)18-13/h13-14,16H,2-12H2,1H3. The van der Waals surface area contributed by atoms with E-state index < -0.39 is 0 Å². The molecular formula is C15H28N2O. The van der Waals surface area contributed by atoms with E-state index in [1.54, 1.807) is 0 Å². The predicted octanol–water partition coefficient (Wildman–Crippen LogP) is 2.02. The fourth-order valence-corrected chi connectivity index (χ4v) is 4.21. The lowest BCUT2D eigenvalue weighted by molar-refractivity contribution is -0.0500. The van der Waals surface area contributed by atoms with E-state index in [-0.39, 0.29) is 0 Å². The SMILES string of the molecule is CCNCC1(CN2CC3CCC(C2)O3)CCCC1. The van der Waals surface area contributed by atoms with Gasteiger partial charge in [0.05, 0.1) is 12.2 Å². The lowest BCUT2D eigenvalue weighted by Gasteiger charge is -2.39. The average molecular weight is 252 g/mol. The number of likely N-dealkylation sites (tertiary alicyclic amines) is 1. The molecule has 2 atom stereocenters. The second kappa shape index (κ2) is 5.48. The van der Waals surface area contributed by atoms with E-state index in [1.807, 2.05) is 0 Å². The molecule has 3 aliphatic rings. The molecule has 1 saturated carbocycles. The number of nitrogens with one attached hydrogen (secondary N) is 1. The van der Waals surface area contributed by atoms with Gasteiger partial charge in [0.1, 0.15) is 0 Å². The molecule has 18 heavy (non-hydrogen) atoms. The molecule has 2 saturated heterocycles. The average Bonchev–Trinajstić information content (AvgIpc) is 2.95. The molecule has 3 nitrogen and oxygen atoms in total. The number of hydrogen-bond donors (Lipinski definition) is 1. The quantitative estimate of drug-likeness (QED) is 0.810. The summed E-state index contributed by atoms with van der Waals surface area (Å²) in [5, 5.41) is 3.60. The fraction of sp³-hybridized carbons (Fsp3) is 1.00. The van der Waals surface area contributed by atoms with Gasteiger partial charge in [-0.15, -0.1) is 0 Å². The smallest absolute Gasteiger partial charge is 0.0707 e. The normalized spacial score (nSPS) is 35.2. The first-order valence-electron chi connectivity index (χ1n) is 7.88. The topological polar surface area (TPSA) is 24.5 Å². The Morgan fingerprint density at radius 1 is 1.17 bits per heavy atom. The molecule has 104 valence electrons. The Hall–Kier alpha value is -0.120. The van der Waals surface area contributed by atoms with Gasteiger partial charge in [0.2, 0.25) is 0 Å². The molecule has 2 aliphatic heterocycles. The van der Waals surface area contributed by atoms with Gasteiger partial charge in [-0.05, 0) is 37.6 Å². The molecule has 0 spiro atoms. The Morgan fingerprint density at radius 3 is 2.44 bits per heavy atom. The molecule has 3 rings (SSSR count). The second-order valence-corrected chi connectivity index (χ2v) is 6.64. The van der Waals surface area contributed by atoms with Crippen LogP contribution in [0.5, 0.6) is 0 Å². The maximum absolute atomic E-state index is 5.95. The Balaban J connectivity index is 1.58. The van der Waals surface area contributed by atoms with Crippen molar-refractivity contribution in [1.29, 1.82) is 0 Å². The van der Waals surface area contributed by atoms with Crippen LogP contribution in [0.1, 0.15) is 45.4 Å². The van der Waals surface area contributed by atoms with Gasteiger partial charge in [-0.3, -0.25) is 4.90 Å². The summed E-state index contributed by atoms with van der Waals surface area (Å²) >= 11 is 0. The third kappa shape index (κ3) is 2.73. The summed E-state index contributed by atoms with van der Waals surface area (Å²) in [5.41, 5.74) is 0.562. The highest BCUT2D eigenvalue weighted by molar-refractivity contribution is 4.93. The zero-order valence-electron chi connectivity index (χ0n) is 11.8. The van der Waals surface area contributed by atoms with Crippen molar-refractivity contribution in [2.45, 2.75) is 57.7 Å². The van der Waals surface area contributed by atoms with E-state index in [4.69, 9.17) is 4.74 Å². The van der Waals surface area contributed by atoms with E-state index in [1.165, 1.54) is 64.7 Å². The molecule has 0 radical (unpaired) electrons. The van der Waals surface area contributed by atoms with Crippen molar-refractivity contribution in [2.75, 3.05) is 32.7 Å². The first kappa shape index (κ1) is 12.9. The molecule has 0 aromatic rings. The van der Waals surface area contributed by atoms with Gasteiger partial charge in [0, 0.05) is 26.2 Å². The van der Waals surface area contributed by atoms with Crippen LogP contribution in [0, 0.1) is 5.41 Å². The number of fused-ring (bicyclic) bond motifs is 2. The van der Waals surface area contributed by atoms with Crippen LogP contribution in [0.2, 0.25) is 0 Å². The van der Waals surface area contributed by atoms with Gasteiger partial charge in [0.25, 0.3) is 0 Å². The molecule has 2 bridgehead atoms. The van der Waals surface area contributed by atoms with Crippen LogP contribution in [0.15, 0.2) is 0 Å². The molecule has 0 amide bonds. The van der Waals surface area contributed by atoms with Crippen molar-refractivity contribution >= 4 is 0 Å². The highest BCUT2D eigenvalue weighted by Gasteiger charge is 2.39. The molecule has 3 heteroatoms. The molecule has 0 aromatic carbocycles. The molecule has 1 aliphatic carbocycles. The molecule has 2 unspecified atom stereocenters. The third-order valence-corrected chi connectivity index (χ3v) is 5.09. The lowest BCUT2D eigenvalue weighted by Crippen LogP contribution is -2.49. The van der Waals surface area contributed by atoms with Crippen LogP contribution in [-0.2, 0) is 4.74 Å². The minimum atomic E-state index is 0.543. The summed E-state index contributed by atoms with van der Waals surface area (Å²) < 4.78 is 5.95. The van der Waals surface area contributed by atoms with Crippen molar-refractivity contribution in [2.24, 2.45) is 5.41 Å². The van der Waals surface area contributed by atoms with Gasteiger partial charge in [-0.1, -0.05) is 19.8 Å². The number of rotatable bonds is 5. The van der Waals surface area contributed by atoms with Gasteiger partial charge in [0.15, 0.2) is 0 Å². The monoisotopic (exact) mass is 252 g/mol. The van der Waals surface area contributed by atoms with Crippen molar-refractivity contribution in [1.82, 2.24) is 10.2 Å². The fourth-order valence-electron chi connectivity index (χ4n) is 4.21. The summed E-state index contributed by atoms with van der Waals surface area (Å²) in [6, 6.07) is 0. The summed E-state index contributed by atoms with van der Waals surface area (Å²) in [4.78, 5) is 2.70. The second-order valence-electron chi connectivity index (χ2n) is 6.64. The van der Waals surface area contributed by atoms with E-state index in [9.17, 15) is 0 Å².